The van der Waals surface area contributed by atoms with E-state index in [1.807, 2.05) is 80.6 Å². The minimum absolute atomic E-state index is 0.407. The van der Waals surface area contributed by atoms with Gasteiger partial charge in [-0.3, -0.25) is 8.63 Å². The fourth-order valence-corrected chi connectivity index (χ4v) is 3.65. The van der Waals surface area contributed by atoms with Gasteiger partial charge < -0.3 is 4.48 Å². The van der Waals surface area contributed by atoms with Crippen LogP contribution in [0.1, 0.15) is 94.9 Å². The summed E-state index contributed by atoms with van der Waals surface area (Å²) in [5.41, 5.74) is 6.57. The molecule has 0 saturated heterocycles. The van der Waals surface area contributed by atoms with E-state index in [9.17, 15) is 8.63 Å². The van der Waals surface area contributed by atoms with E-state index in [1.165, 1.54) is 18.4 Å². The maximum Gasteiger partial charge on any atom is 0.678 e. The summed E-state index contributed by atoms with van der Waals surface area (Å²) in [4.78, 5) is 4.54. The van der Waals surface area contributed by atoms with Crippen LogP contribution in [0.5, 0.6) is 0 Å². The third-order valence-electron chi connectivity index (χ3n) is 5.61. The molecule has 222 valence electrons. The van der Waals surface area contributed by atoms with Crippen LogP contribution in [-0.2, 0) is 6.42 Å². The number of hydrogen-bond acceptors (Lipinski definition) is 1. The van der Waals surface area contributed by atoms with Crippen molar-refractivity contribution in [2.75, 3.05) is 0 Å². The quantitative estimate of drug-likeness (QED) is 0.241. The third-order valence-corrected chi connectivity index (χ3v) is 5.61. The van der Waals surface area contributed by atoms with Gasteiger partial charge in [0, 0.05) is 11.4 Å². The van der Waals surface area contributed by atoms with Crippen LogP contribution in [-0.4, -0.2) is 17.6 Å². The van der Waals surface area contributed by atoms with Crippen molar-refractivity contribution in [1.82, 2.24) is 4.48 Å². The maximum absolute atomic E-state index is 13.9. The van der Waals surface area contributed by atoms with E-state index < -0.39 is 7.40 Å². The van der Waals surface area contributed by atoms with E-state index in [-0.39, 0.29) is 0 Å². The molecule has 2 aromatic carbocycles. The smallest absolute Gasteiger partial charge is 0.326 e. The lowest BCUT2D eigenvalue weighted by molar-refractivity contribution is 0.627. The molecule has 0 atom stereocenters. The Labute approximate surface area is 253 Å². The van der Waals surface area contributed by atoms with Gasteiger partial charge >= 0.3 is 7.40 Å². The molecule has 1 aliphatic rings. The lowest BCUT2D eigenvalue weighted by Gasteiger charge is -2.05. The summed E-state index contributed by atoms with van der Waals surface area (Å²) in [5, 5.41) is 0. The van der Waals surface area contributed by atoms with E-state index in [0.717, 1.165) is 33.3 Å². The van der Waals surface area contributed by atoms with Gasteiger partial charge in [0.25, 0.3) is 0 Å². The van der Waals surface area contributed by atoms with Crippen molar-refractivity contribution in [2.24, 2.45) is 4.99 Å². The molecule has 3 aromatic rings. The van der Waals surface area contributed by atoms with Gasteiger partial charge in [0.1, 0.15) is 0 Å². The number of benzene rings is 2. The molecule has 0 aliphatic carbocycles. The highest BCUT2D eigenvalue weighted by Gasteiger charge is 2.22. The first-order chi connectivity index (χ1) is 20.4. The zero-order valence-corrected chi connectivity index (χ0v) is 26.4. The predicted octanol–water partition coefficient (Wildman–Crippen LogP) is 11.6. The van der Waals surface area contributed by atoms with E-state index in [4.69, 9.17) is 0 Å². The second kappa shape index (κ2) is 20.8. The van der Waals surface area contributed by atoms with Crippen LogP contribution in [0, 0.1) is 0 Å². The van der Waals surface area contributed by atoms with Crippen molar-refractivity contribution in [1.29, 1.82) is 0 Å². The van der Waals surface area contributed by atoms with E-state index in [2.05, 4.69) is 58.3 Å². The molecule has 4 rings (SSSR count). The molecule has 2 nitrogen and oxygen atoms in total. The monoisotopic (exact) mass is 568 g/mol. The number of nitrogens with zero attached hydrogens (tertiary/aromatic N) is 2. The number of hydrogen-bond donors (Lipinski definition) is 0. The number of aryl methyl sites for hydroxylation is 1. The fourth-order valence-electron chi connectivity index (χ4n) is 3.65. The zero-order chi connectivity index (χ0) is 31.3. The zero-order valence-electron chi connectivity index (χ0n) is 26.4. The molecule has 42 heavy (non-hydrogen) atoms. The number of aromatic nitrogens is 1. The molecule has 0 bridgehead atoms. The standard InChI is InChI=1S/C29H25BF2N2.2C3H8.C2H6/c1-3-22-5-9-24(10-6-22)13-15-26-16-17-27(33-26)21-29-20-19-28(34(29)30(31)32)18-14-25-11-7-23(4-2)8-12-25;2*1-3-2;1-2/h3,5-21H,1,4H2,2H3;2*3H2,1-2H3;1-2H3/b15-13+,18-14+,27-21-;;;. The average molecular weight is 569 g/mol. The van der Waals surface area contributed by atoms with Crippen LogP contribution in [0.2, 0.25) is 0 Å². The van der Waals surface area contributed by atoms with Crippen LogP contribution in [0.4, 0.5) is 8.63 Å². The van der Waals surface area contributed by atoms with Gasteiger partial charge in [0.05, 0.1) is 11.4 Å². The summed E-state index contributed by atoms with van der Waals surface area (Å²) in [7, 11) is -2.66. The van der Waals surface area contributed by atoms with Crippen LogP contribution in [0.25, 0.3) is 30.4 Å². The van der Waals surface area contributed by atoms with Crippen LogP contribution in [0.3, 0.4) is 0 Å². The minimum atomic E-state index is -2.66. The summed E-state index contributed by atoms with van der Waals surface area (Å²) in [6, 6.07) is 19.5. The summed E-state index contributed by atoms with van der Waals surface area (Å²) < 4.78 is 28.8. The van der Waals surface area contributed by atoms with Crippen molar-refractivity contribution in [2.45, 2.75) is 67.7 Å². The fraction of sp³-hybridized carbons (Fsp3) is 0.270. The highest BCUT2D eigenvalue weighted by molar-refractivity contribution is 6.41. The number of allylic oxidation sites excluding steroid dienone is 3. The molecule has 0 unspecified atom stereocenters. The Hall–Kier alpha value is -3.99. The number of rotatable bonds is 8. The second-order valence-corrected chi connectivity index (χ2v) is 9.32. The van der Waals surface area contributed by atoms with E-state index in [1.54, 1.807) is 30.4 Å². The van der Waals surface area contributed by atoms with Crippen molar-refractivity contribution < 1.29 is 8.63 Å². The topological polar surface area (TPSA) is 17.3 Å². The predicted molar refractivity (Wildman–Crippen MR) is 186 cm³/mol. The molecular weight excluding hydrogens is 521 g/mol. The van der Waals surface area contributed by atoms with Gasteiger partial charge in [-0.05, 0) is 71.2 Å². The first kappa shape index (κ1) is 36.0. The van der Waals surface area contributed by atoms with Crippen LogP contribution >= 0.6 is 0 Å². The normalized spacial score (nSPS) is 12.7. The molecular formula is C37H47BF2N2. The Bertz CT molecular complexity index is 1340. The molecule has 0 amide bonds. The summed E-state index contributed by atoms with van der Waals surface area (Å²) in [6.45, 7) is 18.4. The molecule has 0 N–H and O–H groups in total. The lowest BCUT2D eigenvalue weighted by atomic mass is 10.1. The summed E-state index contributed by atoms with van der Waals surface area (Å²) in [5.74, 6) is 0. The van der Waals surface area contributed by atoms with Gasteiger partial charge in [-0.25, -0.2) is 4.99 Å². The first-order valence-corrected chi connectivity index (χ1v) is 15.0. The maximum atomic E-state index is 13.9. The largest absolute Gasteiger partial charge is 0.678 e. The van der Waals surface area contributed by atoms with Crippen molar-refractivity contribution in [3.63, 3.8) is 0 Å². The lowest BCUT2D eigenvalue weighted by Crippen LogP contribution is -2.16. The Kier molecular flexibility index (Phi) is 17.9. The number of aliphatic imine (C=N–C) groups is 1. The highest BCUT2D eigenvalue weighted by atomic mass is 19.2. The molecule has 5 heteroatoms. The van der Waals surface area contributed by atoms with Gasteiger partial charge in [0.15, 0.2) is 0 Å². The van der Waals surface area contributed by atoms with Gasteiger partial charge in [0.2, 0.25) is 0 Å². The molecule has 0 saturated carbocycles. The Morgan fingerprint density at radius 1 is 0.690 bits per heavy atom. The van der Waals surface area contributed by atoms with E-state index >= 15 is 0 Å². The minimum Gasteiger partial charge on any atom is -0.326 e. The molecule has 0 fully saturated rings. The van der Waals surface area contributed by atoms with E-state index in [0.29, 0.717) is 17.1 Å². The second-order valence-electron chi connectivity index (χ2n) is 9.32. The highest BCUT2D eigenvalue weighted by Crippen LogP contribution is 2.21. The molecule has 0 radical (unpaired) electrons. The van der Waals surface area contributed by atoms with Crippen molar-refractivity contribution >= 4 is 43.5 Å². The van der Waals surface area contributed by atoms with Gasteiger partial charge in [-0.15, -0.1) is 0 Å². The Morgan fingerprint density at radius 2 is 1.19 bits per heavy atom. The third kappa shape index (κ3) is 12.3. The molecule has 1 aliphatic heterocycles. The molecule has 1 aromatic heterocycles. The number of halogens is 2. The average Bonchev–Trinajstić information content (AvgIpc) is 3.64. The summed E-state index contributed by atoms with van der Waals surface area (Å²) >= 11 is 0. The van der Waals surface area contributed by atoms with Crippen LogP contribution in [0.15, 0.2) is 96.2 Å². The van der Waals surface area contributed by atoms with Crippen molar-refractivity contribution in [3.05, 3.63) is 125 Å². The van der Waals surface area contributed by atoms with Crippen LogP contribution < -0.4 is 0 Å². The molecule has 0 spiro atoms. The Morgan fingerprint density at radius 3 is 1.71 bits per heavy atom. The van der Waals surface area contributed by atoms with Gasteiger partial charge in [-0.1, -0.05) is 135 Å². The summed E-state index contributed by atoms with van der Waals surface area (Å²) in [6.07, 6.45) is 18.1. The SMILES string of the molecule is C=Cc1ccc(/C=C/C2=NC(=C\c3ccc(/C=C/c4ccc(CC)cc4)n3B(F)F)/C=C2)cc1.CC.CCC.CCC. The molecule has 2 heterocycles. The Balaban J connectivity index is 0.000000998. The van der Waals surface area contributed by atoms with Gasteiger partial charge in [-0.2, -0.15) is 0 Å². The van der Waals surface area contributed by atoms with Crippen molar-refractivity contribution in [3.8, 4) is 0 Å². The first-order valence-electron chi connectivity index (χ1n) is 15.0.